The lowest BCUT2D eigenvalue weighted by Gasteiger charge is -2.38. The fourth-order valence-electron chi connectivity index (χ4n) is 6.09. The molecule has 4 aliphatic rings. The van der Waals surface area contributed by atoms with E-state index in [2.05, 4.69) is 35.7 Å². The smallest absolute Gasteiger partial charge is 0.254 e. The van der Waals surface area contributed by atoms with E-state index in [-0.39, 0.29) is 5.91 Å². The molecule has 29 heavy (non-hydrogen) atoms. The van der Waals surface area contributed by atoms with E-state index < -0.39 is 5.60 Å². The molecule has 4 heteroatoms. The van der Waals surface area contributed by atoms with Gasteiger partial charge in [-0.1, -0.05) is 56.5 Å². The fraction of sp³-hybridized carbons (Fsp3) is 0.640. The van der Waals surface area contributed by atoms with Crippen LogP contribution in [0.5, 0.6) is 0 Å². The highest BCUT2D eigenvalue weighted by molar-refractivity contribution is 5.88. The quantitative estimate of drug-likeness (QED) is 0.839. The highest BCUT2D eigenvalue weighted by Crippen LogP contribution is 2.49. The molecule has 1 aromatic rings. The van der Waals surface area contributed by atoms with Crippen molar-refractivity contribution in [3.63, 3.8) is 0 Å². The van der Waals surface area contributed by atoms with Crippen LogP contribution >= 0.6 is 0 Å². The second-order valence-corrected chi connectivity index (χ2v) is 9.77. The molecule has 3 aliphatic carbocycles. The molecular formula is C25H34N2O2. The number of piperazine rings is 1. The molecule has 0 bridgehead atoms. The van der Waals surface area contributed by atoms with Gasteiger partial charge in [-0.2, -0.15) is 0 Å². The Morgan fingerprint density at radius 1 is 0.931 bits per heavy atom. The standard InChI is InChI=1S/C25H34N2O2/c1-18(26-14-16-27(17-15-26)24(28)25(29)12-13-25)19-8-10-21(11-9-19)23-7-3-5-20-4-2-6-22(20)23/h8-11,20,22-23,29H,1-7,12-17H2. The van der Waals surface area contributed by atoms with E-state index >= 15 is 0 Å². The van der Waals surface area contributed by atoms with Gasteiger partial charge in [-0.05, 0) is 54.6 Å². The molecule has 156 valence electrons. The highest BCUT2D eigenvalue weighted by Gasteiger charge is 2.50. The molecule has 0 aromatic heterocycles. The Hall–Kier alpha value is -1.81. The highest BCUT2D eigenvalue weighted by atomic mass is 16.3. The maximum atomic E-state index is 12.3. The first kappa shape index (κ1) is 19.2. The van der Waals surface area contributed by atoms with Gasteiger partial charge in [0, 0.05) is 31.9 Å². The minimum atomic E-state index is -1.05. The third-order valence-corrected chi connectivity index (χ3v) is 8.07. The summed E-state index contributed by atoms with van der Waals surface area (Å²) in [5, 5.41) is 10.1. The lowest BCUT2D eigenvalue weighted by atomic mass is 9.71. The van der Waals surface area contributed by atoms with Gasteiger partial charge in [-0.25, -0.2) is 0 Å². The Morgan fingerprint density at radius 3 is 2.21 bits per heavy atom. The minimum absolute atomic E-state index is 0.0789. The molecule has 1 saturated heterocycles. The Kier molecular flexibility index (Phi) is 4.93. The number of benzene rings is 1. The normalized spacial score (nSPS) is 30.7. The lowest BCUT2D eigenvalue weighted by molar-refractivity contribution is -0.143. The van der Waals surface area contributed by atoms with Crippen molar-refractivity contribution in [2.24, 2.45) is 11.8 Å². The van der Waals surface area contributed by atoms with Crippen LogP contribution in [0.3, 0.4) is 0 Å². The van der Waals surface area contributed by atoms with E-state index in [1.54, 1.807) is 0 Å². The zero-order valence-electron chi connectivity index (χ0n) is 17.5. The topological polar surface area (TPSA) is 43.8 Å². The SMILES string of the molecule is C=C(c1ccc(C2CCCC3CCCC32)cc1)N1CCN(C(=O)C2(O)CC2)CC1. The monoisotopic (exact) mass is 394 g/mol. The number of amides is 1. The lowest BCUT2D eigenvalue weighted by Crippen LogP contribution is -2.51. The molecule has 1 heterocycles. The Labute approximate surface area is 174 Å². The van der Waals surface area contributed by atoms with Crippen LogP contribution in [0.4, 0.5) is 0 Å². The summed E-state index contributed by atoms with van der Waals surface area (Å²) < 4.78 is 0. The predicted octanol–water partition coefficient (Wildman–Crippen LogP) is 4.01. The third kappa shape index (κ3) is 3.61. The third-order valence-electron chi connectivity index (χ3n) is 8.07. The number of rotatable bonds is 4. The van der Waals surface area contributed by atoms with Crippen molar-refractivity contribution in [3.8, 4) is 0 Å². The van der Waals surface area contributed by atoms with Gasteiger partial charge >= 0.3 is 0 Å². The molecular weight excluding hydrogens is 360 g/mol. The zero-order valence-corrected chi connectivity index (χ0v) is 17.5. The molecule has 0 radical (unpaired) electrons. The van der Waals surface area contributed by atoms with Crippen LogP contribution in [-0.2, 0) is 4.79 Å². The molecule has 4 nitrogen and oxygen atoms in total. The van der Waals surface area contributed by atoms with Crippen molar-refractivity contribution in [1.82, 2.24) is 9.80 Å². The summed E-state index contributed by atoms with van der Waals surface area (Å²) in [6.45, 7) is 7.26. The van der Waals surface area contributed by atoms with Gasteiger partial charge in [0.2, 0.25) is 0 Å². The van der Waals surface area contributed by atoms with Gasteiger partial charge in [-0.15, -0.1) is 0 Å². The first-order valence-electron chi connectivity index (χ1n) is 11.6. The average Bonchev–Trinajstić information content (AvgIpc) is 3.33. The van der Waals surface area contributed by atoms with Gasteiger partial charge < -0.3 is 14.9 Å². The first-order chi connectivity index (χ1) is 14.0. The maximum absolute atomic E-state index is 12.3. The molecule has 3 unspecified atom stereocenters. The van der Waals surface area contributed by atoms with Crippen molar-refractivity contribution in [3.05, 3.63) is 42.0 Å². The van der Waals surface area contributed by atoms with Gasteiger partial charge in [-0.3, -0.25) is 4.79 Å². The van der Waals surface area contributed by atoms with Crippen molar-refractivity contribution in [2.45, 2.75) is 62.9 Å². The largest absolute Gasteiger partial charge is 0.380 e. The van der Waals surface area contributed by atoms with E-state index in [4.69, 9.17) is 0 Å². The Morgan fingerprint density at radius 2 is 1.55 bits per heavy atom. The van der Waals surface area contributed by atoms with Crippen LogP contribution in [0.2, 0.25) is 0 Å². The summed E-state index contributed by atoms with van der Waals surface area (Å²) in [5.41, 5.74) is 2.71. The molecule has 1 aliphatic heterocycles. The summed E-state index contributed by atoms with van der Waals surface area (Å²) in [6.07, 6.45) is 9.71. The Balaban J connectivity index is 1.20. The number of carbonyl (C=O) groups is 1. The van der Waals surface area contributed by atoms with Crippen molar-refractivity contribution < 1.29 is 9.90 Å². The van der Waals surface area contributed by atoms with Gasteiger partial charge in [0.15, 0.2) is 0 Å². The molecule has 4 fully saturated rings. The molecule has 5 rings (SSSR count). The molecule has 1 aromatic carbocycles. The summed E-state index contributed by atoms with van der Waals surface area (Å²) in [5.74, 6) is 2.55. The second kappa shape index (κ2) is 7.46. The predicted molar refractivity (Wildman–Crippen MR) is 115 cm³/mol. The summed E-state index contributed by atoms with van der Waals surface area (Å²) in [4.78, 5) is 16.4. The maximum Gasteiger partial charge on any atom is 0.254 e. The number of carbonyl (C=O) groups excluding carboxylic acids is 1. The van der Waals surface area contributed by atoms with Gasteiger partial charge in [0.25, 0.3) is 5.91 Å². The Bertz CT molecular complexity index is 775. The van der Waals surface area contributed by atoms with Crippen molar-refractivity contribution >= 4 is 11.6 Å². The molecule has 3 saturated carbocycles. The van der Waals surface area contributed by atoms with Crippen molar-refractivity contribution in [1.29, 1.82) is 0 Å². The van der Waals surface area contributed by atoms with Crippen LogP contribution in [-0.4, -0.2) is 52.6 Å². The minimum Gasteiger partial charge on any atom is -0.380 e. The molecule has 1 amide bonds. The summed E-state index contributed by atoms with van der Waals surface area (Å²) in [6, 6.07) is 9.18. The van der Waals surface area contributed by atoms with Gasteiger partial charge in [0.05, 0.1) is 0 Å². The summed E-state index contributed by atoms with van der Waals surface area (Å²) >= 11 is 0. The number of hydrogen-bond acceptors (Lipinski definition) is 3. The van der Waals surface area contributed by atoms with Crippen LogP contribution in [0.1, 0.15) is 68.4 Å². The van der Waals surface area contributed by atoms with E-state index in [0.29, 0.717) is 25.9 Å². The van der Waals surface area contributed by atoms with E-state index in [1.807, 2.05) is 4.90 Å². The van der Waals surface area contributed by atoms with Gasteiger partial charge in [0.1, 0.15) is 5.60 Å². The number of aliphatic hydroxyl groups is 1. The van der Waals surface area contributed by atoms with Crippen molar-refractivity contribution in [2.75, 3.05) is 26.2 Å². The van der Waals surface area contributed by atoms with Crippen LogP contribution in [0.15, 0.2) is 30.8 Å². The number of hydrogen-bond donors (Lipinski definition) is 1. The molecule has 0 spiro atoms. The number of fused-ring (bicyclic) bond motifs is 1. The van der Waals surface area contributed by atoms with E-state index in [1.165, 1.54) is 49.7 Å². The number of nitrogens with zero attached hydrogens (tertiary/aromatic N) is 2. The zero-order chi connectivity index (χ0) is 20.0. The van der Waals surface area contributed by atoms with Crippen LogP contribution in [0.25, 0.3) is 5.70 Å². The average molecular weight is 395 g/mol. The summed E-state index contributed by atoms with van der Waals surface area (Å²) in [7, 11) is 0. The van der Waals surface area contributed by atoms with Crippen LogP contribution < -0.4 is 0 Å². The second-order valence-electron chi connectivity index (χ2n) is 9.77. The first-order valence-corrected chi connectivity index (χ1v) is 11.6. The molecule has 3 atom stereocenters. The van der Waals surface area contributed by atoms with E-state index in [0.717, 1.165) is 36.5 Å². The van der Waals surface area contributed by atoms with E-state index in [9.17, 15) is 9.90 Å². The van der Waals surface area contributed by atoms with Crippen LogP contribution in [0, 0.1) is 11.8 Å². The fourth-order valence-corrected chi connectivity index (χ4v) is 6.09. The molecule has 1 N–H and O–H groups in total.